The second-order valence-electron chi connectivity index (χ2n) is 5.49. The van der Waals surface area contributed by atoms with Gasteiger partial charge in [-0.2, -0.15) is 4.98 Å². The van der Waals surface area contributed by atoms with Crippen molar-refractivity contribution in [3.8, 4) is 0 Å². The van der Waals surface area contributed by atoms with E-state index < -0.39 is 5.60 Å². The van der Waals surface area contributed by atoms with Crippen LogP contribution in [0.15, 0.2) is 28.8 Å². The van der Waals surface area contributed by atoms with Crippen molar-refractivity contribution in [2.75, 3.05) is 13.1 Å². The molecule has 1 fully saturated rings. The van der Waals surface area contributed by atoms with Crippen LogP contribution in [-0.2, 0) is 12.0 Å². The molecule has 1 atom stereocenters. The van der Waals surface area contributed by atoms with Crippen LogP contribution in [0, 0.1) is 6.92 Å². The van der Waals surface area contributed by atoms with Gasteiger partial charge in [0.15, 0.2) is 11.4 Å². The quantitative estimate of drug-likeness (QED) is 0.887. The minimum absolute atomic E-state index is 0.326. The van der Waals surface area contributed by atoms with Crippen molar-refractivity contribution < 1.29 is 9.63 Å². The number of piperidine rings is 1. The van der Waals surface area contributed by atoms with Crippen LogP contribution in [0.25, 0.3) is 0 Å². The average molecular weight is 273 g/mol. The molecule has 2 aromatic rings. The maximum Gasteiger partial charge on any atom is 0.259 e. The van der Waals surface area contributed by atoms with E-state index in [-0.39, 0.29) is 0 Å². The largest absolute Gasteiger partial charge is 0.379 e. The van der Waals surface area contributed by atoms with E-state index in [4.69, 9.17) is 4.52 Å². The summed E-state index contributed by atoms with van der Waals surface area (Å²) in [6, 6.07) is 8.24. The molecule has 1 aliphatic rings. The molecule has 0 saturated carbocycles. The van der Waals surface area contributed by atoms with Gasteiger partial charge in [-0.05, 0) is 31.9 Å². The van der Waals surface area contributed by atoms with E-state index in [1.165, 1.54) is 5.56 Å². The smallest absolute Gasteiger partial charge is 0.259 e. The van der Waals surface area contributed by atoms with Crippen LogP contribution in [0.4, 0.5) is 0 Å². The van der Waals surface area contributed by atoms with Gasteiger partial charge in [0.05, 0.1) is 0 Å². The zero-order valence-corrected chi connectivity index (χ0v) is 11.6. The molecule has 0 bridgehead atoms. The lowest BCUT2D eigenvalue weighted by Gasteiger charge is -2.28. The van der Waals surface area contributed by atoms with Crippen LogP contribution < -0.4 is 5.32 Å². The van der Waals surface area contributed by atoms with Crippen molar-refractivity contribution in [2.45, 2.75) is 31.8 Å². The molecule has 3 rings (SSSR count). The first-order valence-electron chi connectivity index (χ1n) is 6.97. The van der Waals surface area contributed by atoms with Crippen LogP contribution in [0.2, 0.25) is 0 Å². The van der Waals surface area contributed by atoms with Gasteiger partial charge in [-0.3, -0.25) is 0 Å². The van der Waals surface area contributed by atoms with Crippen LogP contribution in [0.1, 0.15) is 35.7 Å². The van der Waals surface area contributed by atoms with Gasteiger partial charge >= 0.3 is 0 Å². The van der Waals surface area contributed by atoms with Crippen molar-refractivity contribution in [3.05, 3.63) is 47.1 Å². The number of nitrogens with one attached hydrogen (secondary N) is 1. The van der Waals surface area contributed by atoms with Crippen molar-refractivity contribution in [1.29, 1.82) is 0 Å². The molecule has 2 heterocycles. The van der Waals surface area contributed by atoms with E-state index in [1.54, 1.807) is 0 Å². The molecule has 5 heteroatoms. The molecule has 106 valence electrons. The molecule has 1 aromatic heterocycles. The Morgan fingerprint density at radius 2 is 2.15 bits per heavy atom. The van der Waals surface area contributed by atoms with E-state index in [9.17, 15) is 5.11 Å². The SMILES string of the molecule is Cc1ccc(Cc2noc(C3(O)CCCNC3)n2)cc1. The third kappa shape index (κ3) is 2.73. The summed E-state index contributed by atoms with van der Waals surface area (Å²) in [4.78, 5) is 4.36. The Balaban J connectivity index is 1.74. The third-order valence-corrected chi connectivity index (χ3v) is 3.71. The minimum atomic E-state index is -1.02. The van der Waals surface area contributed by atoms with E-state index in [0.717, 1.165) is 18.5 Å². The molecule has 2 N–H and O–H groups in total. The lowest BCUT2D eigenvalue weighted by atomic mass is 9.94. The van der Waals surface area contributed by atoms with Crippen LogP contribution in [0.3, 0.4) is 0 Å². The highest BCUT2D eigenvalue weighted by Crippen LogP contribution is 2.27. The summed E-state index contributed by atoms with van der Waals surface area (Å²) in [5.41, 5.74) is 1.35. The Kier molecular flexibility index (Phi) is 3.54. The van der Waals surface area contributed by atoms with E-state index in [0.29, 0.717) is 31.1 Å². The van der Waals surface area contributed by atoms with Crippen molar-refractivity contribution in [1.82, 2.24) is 15.5 Å². The molecule has 5 nitrogen and oxygen atoms in total. The lowest BCUT2D eigenvalue weighted by Crippen LogP contribution is -2.43. The number of hydrogen-bond acceptors (Lipinski definition) is 5. The molecular weight excluding hydrogens is 254 g/mol. The van der Waals surface area contributed by atoms with Crippen molar-refractivity contribution >= 4 is 0 Å². The Hall–Kier alpha value is -1.72. The molecule has 20 heavy (non-hydrogen) atoms. The highest BCUT2D eigenvalue weighted by Gasteiger charge is 2.36. The summed E-state index contributed by atoms with van der Waals surface area (Å²) in [5, 5.41) is 17.6. The first kappa shape index (κ1) is 13.3. The first-order valence-corrected chi connectivity index (χ1v) is 6.97. The van der Waals surface area contributed by atoms with Gasteiger partial charge in [0, 0.05) is 13.0 Å². The number of β-amino-alcohol motifs (C(OH)–C–C–N with tert-alkyl or cyclic N) is 1. The fourth-order valence-electron chi connectivity index (χ4n) is 2.48. The third-order valence-electron chi connectivity index (χ3n) is 3.71. The molecular formula is C15H19N3O2. The maximum atomic E-state index is 10.5. The number of hydrogen-bond donors (Lipinski definition) is 2. The predicted octanol–water partition coefficient (Wildman–Crippen LogP) is 1.54. The molecule has 0 radical (unpaired) electrons. The van der Waals surface area contributed by atoms with Gasteiger partial charge in [-0.15, -0.1) is 0 Å². The predicted molar refractivity (Wildman–Crippen MR) is 74.3 cm³/mol. The molecule has 1 aromatic carbocycles. The van der Waals surface area contributed by atoms with Crippen LogP contribution >= 0.6 is 0 Å². The molecule has 1 saturated heterocycles. The van der Waals surface area contributed by atoms with Gasteiger partial charge in [0.1, 0.15) is 0 Å². The highest BCUT2D eigenvalue weighted by molar-refractivity contribution is 5.23. The normalized spacial score (nSPS) is 22.9. The number of aromatic nitrogens is 2. The highest BCUT2D eigenvalue weighted by atomic mass is 16.5. The summed E-state index contributed by atoms with van der Waals surface area (Å²) in [7, 11) is 0. The number of benzene rings is 1. The van der Waals surface area contributed by atoms with E-state index in [1.807, 2.05) is 0 Å². The maximum absolute atomic E-state index is 10.5. The van der Waals surface area contributed by atoms with Crippen LogP contribution in [0.5, 0.6) is 0 Å². The minimum Gasteiger partial charge on any atom is -0.379 e. The first-order chi connectivity index (χ1) is 9.66. The molecule has 1 unspecified atom stereocenters. The van der Waals surface area contributed by atoms with Crippen LogP contribution in [-0.4, -0.2) is 28.3 Å². The number of rotatable bonds is 3. The Labute approximate surface area is 118 Å². The van der Waals surface area contributed by atoms with Gasteiger partial charge in [0.2, 0.25) is 0 Å². The second-order valence-corrected chi connectivity index (χ2v) is 5.49. The molecule has 0 amide bonds. The van der Waals surface area contributed by atoms with Gasteiger partial charge in [0.25, 0.3) is 5.89 Å². The summed E-state index contributed by atoms with van der Waals surface area (Å²) >= 11 is 0. The zero-order valence-electron chi connectivity index (χ0n) is 11.6. The fourth-order valence-corrected chi connectivity index (χ4v) is 2.48. The van der Waals surface area contributed by atoms with E-state index in [2.05, 4.69) is 46.6 Å². The Morgan fingerprint density at radius 3 is 2.85 bits per heavy atom. The van der Waals surface area contributed by atoms with Crippen molar-refractivity contribution in [3.63, 3.8) is 0 Å². The summed E-state index contributed by atoms with van der Waals surface area (Å²) in [6.07, 6.45) is 2.19. The fraction of sp³-hybridized carbons (Fsp3) is 0.467. The monoisotopic (exact) mass is 273 g/mol. The molecule has 1 aliphatic heterocycles. The number of nitrogens with zero attached hydrogens (tertiary/aromatic N) is 2. The summed E-state index contributed by atoms with van der Waals surface area (Å²) in [6.45, 7) is 3.45. The van der Waals surface area contributed by atoms with E-state index >= 15 is 0 Å². The van der Waals surface area contributed by atoms with Crippen molar-refractivity contribution in [2.24, 2.45) is 0 Å². The lowest BCUT2D eigenvalue weighted by molar-refractivity contribution is -0.0167. The summed E-state index contributed by atoms with van der Waals surface area (Å²) < 4.78 is 5.25. The number of aryl methyl sites for hydroxylation is 1. The second kappa shape index (κ2) is 5.34. The Morgan fingerprint density at radius 1 is 1.35 bits per heavy atom. The Bertz CT molecular complexity index is 571. The zero-order chi connectivity index (χ0) is 14.0. The topological polar surface area (TPSA) is 71.2 Å². The molecule has 0 spiro atoms. The standard InChI is InChI=1S/C15H19N3O2/c1-11-3-5-12(6-4-11)9-13-17-14(20-18-13)15(19)7-2-8-16-10-15/h3-6,16,19H,2,7-10H2,1H3. The van der Waals surface area contributed by atoms with Gasteiger partial charge in [-0.1, -0.05) is 35.0 Å². The summed E-state index contributed by atoms with van der Waals surface area (Å²) in [5.74, 6) is 0.940. The average Bonchev–Trinajstić information content (AvgIpc) is 2.92. The van der Waals surface area contributed by atoms with Gasteiger partial charge < -0.3 is 14.9 Å². The molecule has 0 aliphatic carbocycles. The van der Waals surface area contributed by atoms with Gasteiger partial charge in [-0.25, -0.2) is 0 Å². The number of aliphatic hydroxyl groups is 1.